The van der Waals surface area contributed by atoms with Gasteiger partial charge in [-0.25, -0.2) is 0 Å². The normalized spacial score (nSPS) is 28.3. The van der Waals surface area contributed by atoms with Crippen molar-refractivity contribution in [3.8, 4) is 0 Å². The van der Waals surface area contributed by atoms with Crippen molar-refractivity contribution in [3.63, 3.8) is 0 Å². The summed E-state index contributed by atoms with van der Waals surface area (Å²) < 4.78 is 0. The van der Waals surface area contributed by atoms with Gasteiger partial charge in [-0.15, -0.1) is 13.1 Å². The third-order valence-electron chi connectivity index (χ3n) is 1.55. The Morgan fingerprint density at radius 1 is 1.22 bits per heavy atom. The van der Waals surface area contributed by atoms with Crippen molar-refractivity contribution in [1.82, 2.24) is 0 Å². The number of nitrogens with two attached hydrogens (primary N) is 1. The Hall–Kier alpha value is 0.608. The predicted molar refractivity (Wildman–Crippen MR) is 34.9 cm³/mol. The zero-order valence-corrected chi connectivity index (χ0v) is 8.48. The third-order valence-corrected chi connectivity index (χ3v) is 1.55. The molecule has 1 aliphatic rings. The first kappa shape index (κ1) is 9.61. The van der Waals surface area contributed by atoms with E-state index in [2.05, 4.69) is 5.32 Å². The maximum atomic E-state index is 5.67. The van der Waals surface area contributed by atoms with Crippen molar-refractivity contribution >= 4 is 0 Å². The fraction of sp³-hybridized carbons (Fsp3) is 1.00. The quantitative estimate of drug-likeness (QED) is 0.708. The Bertz CT molecular complexity index is 60.1. The number of rotatable bonds is 0. The Labute approximate surface area is 70.8 Å². The maximum absolute atomic E-state index is 5.67. The molecule has 2 nitrogen and oxygen atoms in total. The monoisotopic (exact) mass is 297 g/mol. The van der Waals surface area contributed by atoms with E-state index in [0.717, 1.165) is 19.5 Å². The second-order valence-corrected chi connectivity index (χ2v) is 2.36. The molecule has 0 bridgehead atoms. The van der Waals surface area contributed by atoms with E-state index in [1.54, 1.807) is 0 Å². The molecule has 9 heavy (non-hydrogen) atoms. The summed E-state index contributed by atoms with van der Waals surface area (Å²) in [6.45, 7) is 2.02. The zero-order chi connectivity index (χ0) is 5.82. The second-order valence-electron chi connectivity index (χ2n) is 2.36. The molecule has 0 amide bonds. The molecule has 0 aliphatic carbocycles. The van der Waals surface area contributed by atoms with Crippen molar-refractivity contribution < 1.29 is 21.1 Å². The van der Waals surface area contributed by atoms with Crippen LogP contribution in [0.5, 0.6) is 0 Å². The molecule has 0 aromatic rings. The van der Waals surface area contributed by atoms with Crippen LogP contribution in [0.25, 0.3) is 5.32 Å². The van der Waals surface area contributed by atoms with Gasteiger partial charge in [0.15, 0.2) is 0 Å². The summed E-state index contributed by atoms with van der Waals surface area (Å²) in [5, 5.41) is 4.24. The van der Waals surface area contributed by atoms with Crippen LogP contribution in [0.3, 0.4) is 0 Å². The summed E-state index contributed by atoms with van der Waals surface area (Å²) >= 11 is 0. The molecule has 2 N–H and O–H groups in total. The Morgan fingerprint density at radius 2 is 2.00 bits per heavy atom. The van der Waals surface area contributed by atoms with Crippen LogP contribution in [0.2, 0.25) is 0 Å². The van der Waals surface area contributed by atoms with E-state index in [-0.39, 0.29) is 21.1 Å². The Morgan fingerprint density at radius 3 is 2.78 bits per heavy atom. The van der Waals surface area contributed by atoms with Crippen LogP contribution < -0.4 is 5.73 Å². The second kappa shape index (κ2) is 5.40. The fourth-order valence-electron chi connectivity index (χ4n) is 0.979. The van der Waals surface area contributed by atoms with Crippen LogP contribution in [-0.2, 0) is 21.1 Å². The molecule has 0 aromatic heterocycles. The van der Waals surface area contributed by atoms with Gasteiger partial charge in [-0.2, -0.15) is 0 Å². The van der Waals surface area contributed by atoms with Gasteiger partial charge in [0.25, 0.3) is 0 Å². The van der Waals surface area contributed by atoms with Gasteiger partial charge in [0.05, 0.1) is 0 Å². The van der Waals surface area contributed by atoms with Crippen LogP contribution in [0.15, 0.2) is 0 Å². The van der Waals surface area contributed by atoms with E-state index >= 15 is 0 Å². The molecule has 1 heterocycles. The first-order chi connectivity index (χ1) is 3.89. The molecule has 1 unspecified atom stereocenters. The summed E-state index contributed by atoms with van der Waals surface area (Å²) in [4.78, 5) is 0. The van der Waals surface area contributed by atoms with E-state index < -0.39 is 0 Å². The molecular formula is C6H13N2W-. The van der Waals surface area contributed by atoms with Crippen LogP contribution >= 0.6 is 0 Å². The van der Waals surface area contributed by atoms with Crippen LogP contribution in [-0.4, -0.2) is 19.1 Å². The van der Waals surface area contributed by atoms with Gasteiger partial charge in [0.1, 0.15) is 0 Å². The van der Waals surface area contributed by atoms with E-state index in [1.165, 1.54) is 12.8 Å². The van der Waals surface area contributed by atoms with Crippen molar-refractivity contribution in [2.45, 2.75) is 25.3 Å². The number of nitrogens with zero attached hydrogens (tertiary/aromatic N) is 1. The number of hydrogen-bond acceptors (Lipinski definition) is 1. The van der Waals surface area contributed by atoms with Gasteiger partial charge in [0.2, 0.25) is 0 Å². The van der Waals surface area contributed by atoms with Crippen LogP contribution in [0.4, 0.5) is 0 Å². The zero-order valence-electron chi connectivity index (χ0n) is 5.55. The molecule has 1 atom stereocenters. The molecular weight excluding hydrogens is 284 g/mol. The van der Waals surface area contributed by atoms with E-state index in [4.69, 9.17) is 5.73 Å². The van der Waals surface area contributed by atoms with Gasteiger partial charge in [-0.1, -0.05) is 12.8 Å². The van der Waals surface area contributed by atoms with Gasteiger partial charge < -0.3 is 11.1 Å². The number of hydrogen-bond donors (Lipinski definition) is 1. The van der Waals surface area contributed by atoms with E-state index in [1.807, 2.05) is 0 Å². The third kappa shape index (κ3) is 4.07. The average molecular weight is 297 g/mol. The molecule has 0 radical (unpaired) electrons. The summed E-state index contributed by atoms with van der Waals surface area (Å²) in [6.07, 6.45) is 3.46. The Kier molecular flexibility index (Phi) is 5.76. The SMILES string of the molecule is NC1CCC[N-]CC1.[W]. The largest absolute Gasteiger partial charge is 0.662 e. The predicted octanol–water partition coefficient (Wildman–Crippen LogP) is 0.869. The minimum absolute atomic E-state index is 0. The van der Waals surface area contributed by atoms with Gasteiger partial charge >= 0.3 is 0 Å². The topological polar surface area (TPSA) is 40.1 Å². The molecule has 3 heteroatoms. The van der Waals surface area contributed by atoms with Crippen molar-refractivity contribution in [2.24, 2.45) is 5.73 Å². The summed E-state index contributed by atoms with van der Waals surface area (Å²) in [6, 6.07) is 0.432. The molecule has 0 saturated carbocycles. The smallest absolute Gasteiger partial charge is 0.00218 e. The summed E-state index contributed by atoms with van der Waals surface area (Å²) in [7, 11) is 0. The molecule has 1 fully saturated rings. The van der Waals surface area contributed by atoms with Gasteiger partial charge in [-0.3, -0.25) is 0 Å². The van der Waals surface area contributed by atoms with Crippen molar-refractivity contribution in [3.05, 3.63) is 5.32 Å². The van der Waals surface area contributed by atoms with Crippen molar-refractivity contribution in [2.75, 3.05) is 13.1 Å². The summed E-state index contributed by atoms with van der Waals surface area (Å²) in [5.74, 6) is 0. The standard InChI is InChI=1S/C6H13N2.W/c7-6-2-1-4-8-5-3-6;/h6H,1-5,7H2;/q-1;. The Balaban J connectivity index is 0.000000640. The molecule has 1 aliphatic heterocycles. The molecule has 1 saturated heterocycles. The molecule has 0 aromatic carbocycles. The fourth-order valence-corrected chi connectivity index (χ4v) is 0.979. The maximum Gasteiger partial charge on any atom is 0.00218 e. The van der Waals surface area contributed by atoms with Crippen LogP contribution in [0, 0.1) is 0 Å². The minimum Gasteiger partial charge on any atom is -0.662 e. The molecule has 54 valence electrons. The van der Waals surface area contributed by atoms with Gasteiger partial charge in [0, 0.05) is 27.1 Å². The van der Waals surface area contributed by atoms with Crippen molar-refractivity contribution in [1.29, 1.82) is 0 Å². The first-order valence-corrected chi connectivity index (χ1v) is 3.28. The summed E-state index contributed by atoms with van der Waals surface area (Å²) in [5.41, 5.74) is 5.67. The first-order valence-electron chi connectivity index (χ1n) is 3.28. The van der Waals surface area contributed by atoms with Crippen LogP contribution in [0.1, 0.15) is 19.3 Å². The van der Waals surface area contributed by atoms with E-state index in [9.17, 15) is 0 Å². The average Bonchev–Trinajstić information content (AvgIpc) is 1.94. The minimum atomic E-state index is 0. The molecule has 1 rings (SSSR count). The van der Waals surface area contributed by atoms with Gasteiger partial charge in [-0.05, 0) is 6.42 Å². The van der Waals surface area contributed by atoms with E-state index in [0.29, 0.717) is 6.04 Å². The molecule has 0 spiro atoms.